The molecule has 1 unspecified atom stereocenters. The Morgan fingerprint density at radius 1 is 1.80 bits per heavy atom. The lowest BCUT2D eigenvalue weighted by Crippen LogP contribution is -2.32. The van der Waals surface area contributed by atoms with E-state index in [0.29, 0.717) is 12.0 Å². The Balaban J connectivity index is 2.36. The fraction of sp³-hybridized carbons (Fsp3) is 0.857. The molecule has 0 bridgehead atoms. The fourth-order valence-corrected chi connectivity index (χ4v) is 1.34. The first-order chi connectivity index (χ1) is 4.74. The van der Waals surface area contributed by atoms with Crippen LogP contribution in [0.5, 0.6) is 0 Å². The second kappa shape index (κ2) is 3.19. The molecule has 0 aromatic heterocycles. The number of hydrogen-bond donors (Lipinski definition) is 2. The number of nitrogens with one attached hydrogen (secondary N) is 2. The SMILES string of the molecule is CC[C@H](C)C1CNC(=S)N1. The molecule has 2 atom stereocenters. The summed E-state index contributed by atoms with van der Waals surface area (Å²) in [7, 11) is 0. The maximum atomic E-state index is 4.94. The van der Waals surface area contributed by atoms with E-state index in [9.17, 15) is 0 Å². The minimum atomic E-state index is 0.553. The quantitative estimate of drug-likeness (QED) is 0.583. The molecule has 1 saturated heterocycles. The molecule has 58 valence electrons. The third kappa shape index (κ3) is 1.59. The predicted molar refractivity (Wildman–Crippen MR) is 47.0 cm³/mol. The van der Waals surface area contributed by atoms with Gasteiger partial charge in [-0.15, -0.1) is 0 Å². The van der Waals surface area contributed by atoms with Crippen LogP contribution in [-0.2, 0) is 0 Å². The van der Waals surface area contributed by atoms with Gasteiger partial charge in [-0.3, -0.25) is 0 Å². The molecule has 0 saturated carbocycles. The van der Waals surface area contributed by atoms with E-state index in [4.69, 9.17) is 12.2 Å². The highest BCUT2D eigenvalue weighted by Crippen LogP contribution is 2.08. The van der Waals surface area contributed by atoms with Crippen LogP contribution in [0.3, 0.4) is 0 Å². The van der Waals surface area contributed by atoms with Crippen LogP contribution in [0.4, 0.5) is 0 Å². The van der Waals surface area contributed by atoms with E-state index in [1.807, 2.05) is 0 Å². The molecule has 10 heavy (non-hydrogen) atoms. The lowest BCUT2D eigenvalue weighted by atomic mass is 10.0. The van der Waals surface area contributed by atoms with Gasteiger partial charge >= 0.3 is 0 Å². The molecule has 1 rings (SSSR count). The minimum absolute atomic E-state index is 0.553. The van der Waals surface area contributed by atoms with Gasteiger partial charge in [-0.05, 0) is 18.1 Å². The summed E-state index contributed by atoms with van der Waals surface area (Å²) in [4.78, 5) is 0. The highest BCUT2D eigenvalue weighted by atomic mass is 32.1. The van der Waals surface area contributed by atoms with Crippen molar-refractivity contribution in [3.05, 3.63) is 0 Å². The Labute approximate surface area is 67.4 Å². The van der Waals surface area contributed by atoms with Gasteiger partial charge in [0, 0.05) is 12.6 Å². The van der Waals surface area contributed by atoms with Gasteiger partial charge in [-0.1, -0.05) is 20.3 Å². The normalized spacial score (nSPS) is 27.4. The van der Waals surface area contributed by atoms with Crippen molar-refractivity contribution in [3.63, 3.8) is 0 Å². The van der Waals surface area contributed by atoms with Crippen molar-refractivity contribution >= 4 is 17.3 Å². The lowest BCUT2D eigenvalue weighted by Gasteiger charge is -2.15. The van der Waals surface area contributed by atoms with Gasteiger partial charge in [-0.25, -0.2) is 0 Å². The topological polar surface area (TPSA) is 24.1 Å². The second-order valence-electron chi connectivity index (χ2n) is 2.85. The average molecular weight is 158 g/mol. The average Bonchev–Trinajstić information content (AvgIpc) is 2.34. The molecule has 1 aliphatic rings. The zero-order chi connectivity index (χ0) is 7.56. The van der Waals surface area contributed by atoms with Gasteiger partial charge < -0.3 is 10.6 Å². The van der Waals surface area contributed by atoms with Crippen LogP contribution in [0.1, 0.15) is 20.3 Å². The van der Waals surface area contributed by atoms with Crippen LogP contribution < -0.4 is 10.6 Å². The van der Waals surface area contributed by atoms with Crippen LogP contribution in [0.2, 0.25) is 0 Å². The molecule has 0 aromatic carbocycles. The van der Waals surface area contributed by atoms with E-state index >= 15 is 0 Å². The summed E-state index contributed by atoms with van der Waals surface area (Å²) in [5, 5.41) is 7.14. The maximum absolute atomic E-state index is 4.94. The Bertz CT molecular complexity index is 136. The molecule has 3 heteroatoms. The van der Waals surface area contributed by atoms with Crippen LogP contribution in [0.25, 0.3) is 0 Å². The summed E-state index contributed by atoms with van der Waals surface area (Å²) in [6, 6.07) is 0.553. The molecule has 0 spiro atoms. The van der Waals surface area contributed by atoms with E-state index in [-0.39, 0.29) is 0 Å². The molecular formula is C7H14N2S. The van der Waals surface area contributed by atoms with E-state index in [1.54, 1.807) is 0 Å². The predicted octanol–water partition coefficient (Wildman–Crippen LogP) is 0.879. The van der Waals surface area contributed by atoms with E-state index in [2.05, 4.69) is 24.5 Å². The van der Waals surface area contributed by atoms with Crippen molar-refractivity contribution in [2.45, 2.75) is 26.3 Å². The molecule has 0 aromatic rings. The van der Waals surface area contributed by atoms with E-state index < -0.39 is 0 Å². The summed E-state index contributed by atoms with van der Waals surface area (Å²) in [6.45, 7) is 5.44. The highest BCUT2D eigenvalue weighted by Gasteiger charge is 2.21. The van der Waals surface area contributed by atoms with Gasteiger partial charge in [0.05, 0.1) is 0 Å². The van der Waals surface area contributed by atoms with Crippen LogP contribution >= 0.6 is 12.2 Å². The Kier molecular flexibility index (Phi) is 2.49. The van der Waals surface area contributed by atoms with Crippen LogP contribution in [0.15, 0.2) is 0 Å². The molecule has 1 heterocycles. The molecule has 1 aliphatic heterocycles. The van der Waals surface area contributed by atoms with Crippen molar-refractivity contribution in [1.29, 1.82) is 0 Å². The molecule has 2 N–H and O–H groups in total. The molecule has 0 amide bonds. The zero-order valence-corrected chi connectivity index (χ0v) is 7.29. The first-order valence-electron chi connectivity index (χ1n) is 3.78. The monoisotopic (exact) mass is 158 g/mol. The Morgan fingerprint density at radius 2 is 2.50 bits per heavy atom. The summed E-state index contributed by atoms with van der Waals surface area (Å²) >= 11 is 4.94. The summed E-state index contributed by atoms with van der Waals surface area (Å²) in [5.74, 6) is 0.716. The van der Waals surface area contributed by atoms with Gasteiger partial charge in [-0.2, -0.15) is 0 Å². The summed E-state index contributed by atoms with van der Waals surface area (Å²) in [6.07, 6.45) is 1.21. The Hall–Kier alpha value is -0.310. The standard InChI is InChI=1S/C7H14N2S/c1-3-5(2)6-4-8-7(10)9-6/h5-6H,3-4H2,1-2H3,(H2,8,9,10)/t5-,6?/m0/s1. The smallest absolute Gasteiger partial charge is 0.166 e. The lowest BCUT2D eigenvalue weighted by molar-refractivity contribution is 0.435. The van der Waals surface area contributed by atoms with Gasteiger partial charge in [0.2, 0.25) is 0 Å². The van der Waals surface area contributed by atoms with Crippen molar-refractivity contribution in [2.75, 3.05) is 6.54 Å². The van der Waals surface area contributed by atoms with Gasteiger partial charge in [0.25, 0.3) is 0 Å². The molecule has 2 nitrogen and oxygen atoms in total. The third-order valence-corrected chi connectivity index (χ3v) is 2.39. The van der Waals surface area contributed by atoms with Crippen molar-refractivity contribution in [3.8, 4) is 0 Å². The third-order valence-electron chi connectivity index (χ3n) is 2.13. The van der Waals surface area contributed by atoms with Crippen molar-refractivity contribution in [2.24, 2.45) is 5.92 Å². The second-order valence-corrected chi connectivity index (χ2v) is 3.25. The number of hydrogen-bond acceptors (Lipinski definition) is 1. The molecule has 0 aliphatic carbocycles. The summed E-state index contributed by atoms with van der Waals surface area (Å²) < 4.78 is 0. The maximum Gasteiger partial charge on any atom is 0.166 e. The van der Waals surface area contributed by atoms with E-state index in [0.717, 1.165) is 11.7 Å². The minimum Gasteiger partial charge on any atom is -0.361 e. The van der Waals surface area contributed by atoms with E-state index in [1.165, 1.54) is 6.42 Å². The number of thiocarbonyl (C=S) groups is 1. The first kappa shape index (κ1) is 7.79. The highest BCUT2D eigenvalue weighted by molar-refractivity contribution is 7.80. The number of rotatable bonds is 2. The largest absolute Gasteiger partial charge is 0.361 e. The Morgan fingerprint density at radius 3 is 2.90 bits per heavy atom. The molecule has 1 fully saturated rings. The molecular weight excluding hydrogens is 144 g/mol. The van der Waals surface area contributed by atoms with Crippen LogP contribution in [-0.4, -0.2) is 17.7 Å². The van der Waals surface area contributed by atoms with Crippen molar-refractivity contribution in [1.82, 2.24) is 10.6 Å². The fourth-order valence-electron chi connectivity index (χ4n) is 1.10. The zero-order valence-electron chi connectivity index (χ0n) is 6.48. The van der Waals surface area contributed by atoms with Crippen molar-refractivity contribution < 1.29 is 0 Å². The van der Waals surface area contributed by atoms with Gasteiger partial charge in [0.1, 0.15) is 0 Å². The molecule has 0 radical (unpaired) electrons. The first-order valence-corrected chi connectivity index (χ1v) is 4.19. The van der Waals surface area contributed by atoms with Crippen LogP contribution in [0, 0.1) is 5.92 Å². The van der Waals surface area contributed by atoms with Gasteiger partial charge in [0.15, 0.2) is 5.11 Å². The summed E-state index contributed by atoms with van der Waals surface area (Å²) in [5.41, 5.74) is 0.